The molecule has 1 amide bonds. The number of hydrogen-bond acceptors (Lipinski definition) is 5. The van der Waals surface area contributed by atoms with Crippen LogP contribution in [0.3, 0.4) is 0 Å². The van der Waals surface area contributed by atoms with Gasteiger partial charge in [-0.25, -0.2) is 10.2 Å². The van der Waals surface area contributed by atoms with E-state index in [4.69, 9.17) is 26.2 Å². The Morgan fingerprint density at radius 1 is 1.08 bits per heavy atom. The van der Waals surface area contributed by atoms with Gasteiger partial charge in [0.05, 0.1) is 11.2 Å². The number of carbonyl (C=O) groups is 2. The zero-order valence-electron chi connectivity index (χ0n) is 13.0. The number of amides is 1. The topological polar surface area (TPSA) is 97.2 Å². The molecule has 8 heteroatoms. The molecule has 0 fully saturated rings. The van der Waals surface area contributed by atoms with Gasteiger partial charge in [-0.05, 0) is 42.0 Å². The van der Waals surface area contributed by atoms with Crippen LogP contribution in [-0.2, 0) is 9.59 Å². The number of para-hydroxylation sites is 1. The number of carboxylic acids is 1. The molecule has 2 rings (SSSR count). The monoisotopic (exact) mass is 362 g/mol. The summed E-state index contributed by atoms with van der Waals surface area (Å²) >= 11 is 5.92. The van der Waals surface area contributed by atoms with Gasteiger partial charge in [0.2, 0.25) is 0 Å². The van der Waals surface area contributed by atoms with Crippen molar-refractivity contribution in [2.75, 3.05) is 13.2 Å². The molecular formula is C17H15ClN2O5. The van der Waals surface area contributed by atoms with Crippen LogP contribution in [0.25, 0.3) is 0 Å². The number of hydrazone groups is 1. The molecule has 0 radical (unpaired) electrons. The number of nitrogens with zero attached hydrogens (tertiary/aromatic N) is 1. The molecule has 0 bridgehead atoms. The van der Waals surface area contributed by atoms with Crippen LogP contribution in [0.5, 0.6) is 11.5 Å². The SMILES string of the molecule is O=C(O)COc1ccc(/C=N\NC(=O)COc2ccccc2Cl)cc1. The molecule has 2 aromatic carbocycles. The van der Waals surface area contributed by atoms with Crippen molar-refractivity contribution in [2.45, 2.75) is 0 Å². The predicted molar refractivity (Wildman–Crippen MR) is 92.3 cm³/mol. The number of rotatable bonds is 8. The largest absolute Gasteiger partial charge is 0.482 e. The lowest BCUT2D eigenvalue weighted by atomic mass is 10.2. The molecule has 2 aromatic rings. The molecule has 0 aliphatic carbocycles. The summed E-state index contributed by atoms with van der Waals surface area (Å²) in [7, 11) is 0. The Hall–Kier alpha value is -3.06. The lowest BCUT2D eigenvalue weighted by Gasteiger charge is -2.06. The van der Waals surface area contributed by atoms with E-state index < -0.39 is 18.5 Å². The van der Waals surface area contributed by atoms with Crippen LogP contribution in [0.1, 0.15) is 5.56 Å². The van der Waals surface area contributed by atoms with Crippen LogP contribution in [0.4, 0.5) is 0 Å². The fourth-order valence-electron chi connectivity index (χ4n) is 1.71. The van der Waals surface area contributed by atoms with Crippen molar-refractivity contribution >= 4 is 29.7 Å². The third kappa shape index (κ3) is 6.52. The van der Waals surface area contributed by atoms with Gasteiger partial charge in [0.1, 0.15) is 11.5 Å². The van der Waals surface area contributed by atoms with Crippen molar-refractivity contribution in [2.24, 2.45) is 5.10 Å². The van der Waals surface area contributed by atoms with E-state index in [1.54, 1.807) is 48.5 Å². The van der Waals surface area contributed by atoms with E-state index >= 15 is 0 Å². The highest BCUT2D eigenvalue weighted by molar-refractivity contribution is 6.32. The van der Waals surface area contributed by atoms with Crippen LogP contribution >= 0.6 is 11.6 Å². The van der Waals surface area contributed by atoms with E-state index in [-0.39, 0.29) is 6.61 Å². The van der Waals surface area contributed by atoms with E-state index in [9.17, 15) is 9.59 Å². The molecule has 0 saturated carbocycles. The van der Waals surface area contributed by atoms with Crippen molar-refractivity contribution < 1.29 is 24.2 Å². The third-order valence-corrected chi connectivity index (χ3v) is 3.15. The van der Waals surface area contributed by atoms with E-state index in [1.807, 2.05) is 0 Å². The molecule has 0 saturated heterocycles. The highest BCUT2D eigenvalue weighted by atomic mass is 35.5. The zero-order valence-corrected chi connectivity index (χ0v) is 13.8. The molecule has 7 nitrogen and oxygen atoms in total. The van der Waals surface area contributed by atoms with Crippen molar-refractivity contribution in [3.8, 4) is 11.5 Å². The van der Waals surface area contributed by atoms with Crippen molar-refractivity contribution in [1.82, 2.24) is 5.43 Å². The lowest BCUT2D eigenvalue weighted by molar-refractivity contribution is -0.139. The first-order valence-electron chi connectivity index (χ1n) is 7.18. The van der Waals surface area contributed by atoms with Gasteiger partial charge in [0, 0.05) is 0 Å². The van der Waals surface area contributed by atoms with Crippen LogP contribution in [-0.4, -0.2) is 36.4 Å². The second kappa shape index (κ2) is 9.29. The molecule has 130 valence electrons. The minimum absolute atomic E-state index is 0.219. The third-order valence-electron chi connectivity index (χ3n) is 2.84. The fourth-order valence-corrected chi connectivity index (χ4v) is 1.90. The minimum atomic E-state index is -1.05. The summed E-state index contributed by atoms with van der Waals surface area (Å²) in [5, 5.41) is 12.8. The predicted octanol–water partition coefficient (Wildman–Crippen LogP) is 2.33. The minimum Gasteiger partial charge on any atom is -0.482 e. The quantitative estimate of drug-likeness (QED) is 0.555. The van der Waals surface area contributed by atoms with E-state index in [0.717, 1.165) is 0 Å². The molecule has 0 heterocycles. The van der Waals surface area contributed by atoms with Crippen molar-refractivity contribution in [3.05, 3.63) is 59.1 Å². The second-order valence-corrected chi connectivity index (χ2v) is 5.17. The molecule has 0 spiro atoms. The number of hydrogen-bond donors (Lipinski definition) is 2. The number of benzene rings is 2. The summed E-state index contributed by atoms with van der Waals surface area (Å²) in [6.07, 6.45) is 1.44. The van der Waals surface area contributed by atoms with Crippen LogP contribution in [0, 0.1) is 0 Å². The summed E-state index contributed by atoms with van der Waals surface area (Å²) < 4.78 is 10.3. The van der Waals surface area contributed by atoms with E-state index in [1.165, 1.54) is 6.21 Å². The Bertz CT molecular complexity index is 762. The number of aliphatic carboxylic acids is 1. The maximum atomic E-state index is 11.7. The summed E-state index contributed by atoms with van der Waals surface area (Å²) in [5.74, 6) is -0.637. The summed E-state index contributed by atoms with van der Waals surface area (Å²) in [6, 6.07) is 13.4. The molecule has 0 aliphatic rings. The normalized spacial score (nSPS) is 10.4. The van der Waals surface area contributed by atoms with E-state index in [0.29, 0.717) is 22.1 Å². The Kier molecular flexibility index (Phi) is 6.79. The number of halogens is 1. The van der Waals surface area contributed by atoms with Gasteiger partial charge < -0.3 is 14.6 Å². The highest BCUT2D eigenvalue weighted by Crippen LogP contribution is 2.22. The summed E-state index contributed by atoms with van der Waals surface area (Å²) in [5.41, 5.74) is 3.03. The molecule has 0 aromatic heterocycles. The highest BCUT2D eigenvalue weighted by Gasteiger charge is 2.04. The van der Waals surface area contributed by atoms with Gasteiger partial charge in [-0.2, -0.15) is 5.10 Å². The van der Waals surface area contributed by atoms with Gasteiger partial charge in [-0.3, -0.25) is 4.79 Å². The van der Waals surface area contributed by atoms with Crippen LogP contribution < -0.4 is 14.9 Å². The Labute approximate surface area is 148 Å². The maximum absolute atomic E-state index is 11.7. The fraction of sp³-hybridized carbons (Fsp3) is 0.118. The van der Waals surface area contributed by atoms with Gasteiger partial charge in [0.15, 0.2) is 13.2 Å². The first-order chi connectivity index (χ1) is 12.0. The zero-order chi connectivity index (χ0) is 18.1. The molecular weight excluding hydrogens is 348 g/mol. The summed E-state index contributed by atoms with van der Waals surface area (Å²) in [6.45, 7) is -0.627. The van der Waals surface area contributed by atoms with Gasteiger partial charge in [0.25, 0.3) is 5.91 Å². The van der Waals surface area contributed by atoms with Gasteiger partial charge in [-0.15, -0.1) is 0 Å². The van der Waals surface area contributed by atoms with Crippen molar-refractivity contribution in [1.29, 1.82) is 0 Å². The molecule has 0 atom stereocenters. The molecule has 0 unspecified atom stereocenters. The first kappa shape index (κ1) is 18.3. The van der Waals surface area contributed by atoms with Crippen LogP contribution in [0.2, 0.25) is 5.02 Å². The number of nitrogens with one attached hydrogen (secondary N) is 1. The number of carbonyl (C=O) groups excluding carboxylic acids is 1. The Morgan fingerprint density at radius 2 is 1.80 bits per heavy atom. The Morgan fingerprint density at radius 3 is 2.48 bits per heavy atom. The molecule has 0 aliphatic heterocycles. The maximum Gasteiger partial charge on any atom is 0.341 e. The molecule has 2 N–H and O–H groups in total. The van der Waals surface area contributed by atoms with Gasteiger partial charge >= 0.3 is 5.97 Å². The smallest absolute Gasteiger partial charge is 0.341 e. The average molecular weight is 363 g/mol. The Balaban J connectivity index is 1.77. The number of carboxylic acid groups (broad SMARTS) is 1. The first-order valence-corrected chi connectivity index (χ1v) is 7.56. The second-order valence-electron chi connectivity index (χ2n) is 4.76. The summed E-state index contributed by atoms with van der Waals surface area (Å²) in [4.78, 5) is 22.1. The van der Waals surface area contributed by atoms with E-state index in [2.05, 4.69) is 10.5 Å². The standard InChI is InChI=1S/C17H15ClN2O5/c18-14-3-1-2-4-15(14)25-10-16(21)20-19-9-12-5-7-13(8-6-12)24-11-17(22)23/h1-9H,10-11H2,(H,20,21)(H,22,23)/b19-9-. The number of ether oxygens (including phenoxy) is 2. The lowest BCUT2D eigenvalue weighted by Crippen LogP contribution is -2.24. The van der Waals surface area contributed by atoms with Crippen molar-refractivity contribution in [3.63, 3.8) is 0 Å². The molecule has 25 heavy (non-hydrogen) atoms. The average Bonchev–Trinajstić information content (AvgIpc) is 2.60. The van der Waals surface area contributed by atoms with Gasteiger partial charge in [-0.1, -0.05) is 23.7 Å². The van der Waals surface area contributed by atoms with Crippen LogP contribution in [0.15, 0.2) is 53.6 Å².